The molecule has 1 aromatic carbocycles. The van der Waals surface area contributed by atoms with Gasteiger partial charge in [0.2, 0.25) is 0 Å². The lowest BCUT2D eigenvalue weighted by molar-refractivity contribution is -0.174. The number of allylic oxidation sites excluding steroid dienone is 4. The number of rotatable bonds is 8. The fourth-order valence-corrected chi connectivity index (χ4v) is 18.1. The molecule has 11 atom stereocenters. The van der Waals surface area contributed by atoms with E-state index in [2.05, 4.69) is 58.1 Å². The van der Waals surface area contributed by atoms with Crippen molar-refractivity contribution in [1.29, 1.82) is 0 Å². The van der Waals surface area contributed by atoms with E-state index in [1.807, 2.05) is 29.6 Å². The second-order valence-electron chi connectivity index (χ2n) is 19.7. The van der Waals surface area contributed by atoms with Crippen molar-refractivity contribution in [3.8, 4) is 0 Å². The highest BCUT2D eigenvalue weighted by Gasteiger charge is 2.75. The minimum atomic E-state index is -3.84. The maximum atomic E-state index is 15.2. The van der Waals surface area contributed by atoms with Crippen LogP contribution in [0.25, 0.3) is 10.1 Å². The highest BCUT2D eigenvalue weighted by molar-refractivity contribution is 7.91. The lowest BCUT2D eigenvalue weighted by Gasteiger charge is -2.71. The van der Waals surface area contributed by atoms with Crippen LogP contribution in [0.4, 0.5) is 0 Å². The third kappa shape index (κ3) is 4.60. The third-order valence-electron chi connectivity index (χ3n) is 17.6. The summed E-state index contributed by atoms with van der Waals surface area (Å²) in [5.74, 6) is 1.70. The van der Waals surface area contributed by atoms with Gasteiger partial charge < -0.3 is 10.2 Å². The molecule has 6 nitrogen and oxygen atoms in total. The van der Waals surface area contributed by atoms with Crippen LogP contribution in [0.15, 0.2) is 75.9 Å². The van der Waals surface area contributed by atoms with Gasteiger partial charge in [0, 0.05) is 39.6 Å². The van der Waals surface area contributed by atoms with Crippen LogP contribution in [0.1, 0.15) is 102 Å². The molecule has 9 aliphatic carbocycles. The summed E-state index contributed by atoms with van der Waals surface area (Å²) in [5.41, 5.74) is -1.93. The normalized spacial score (nSPS) is 43.0. The number of Topliss-reactive ketones (excluding diaryl/α,β-unsaturated/α-hetero) is 1. The molecule has 9 aliphatic rings. The molecule has 3 aromatic rings. The molecule has 2 aromatic heterocycles. The predicted octanol–water partition coefficient (Wildman–Crippen LogP) is 9.50. The molecule has 0 saturated heterocycles. The van der Waals surface area contributed by atoms with E-state index in [1.165, 1.54) is 17.8 Å². The van der Waals surface area contributed by atoms with Gasteiger partial charge in [-0.3, -0.25) is 4.79 Å². The Morgan fingerprint density at radius 2 is 1.69 bits per heavy atom. The Hall–Kier alpha value is -2.14. The second-order valence-corrected chi connectivity index (χ2v) is 23.9. The molecule has 4 bridgehead atoms. The largest absolute Gasteiger partial charge is 0.393 e. The van der Waals surface area contributed by atoms with Gasteiger partial charge in [0.25, 0.3) is 10.0 Å². The number of carbonyl (C=O) groups excluding carboxylic acids is 1. The van der Waals surface area contributed by atoms with Crippen LogP contribution in [0.2, 0.25) is 0 Å². The first kappa shape index (κ1) is 36.2. The second kappa shape index (κ2) is 11.7. The van der Waals surface area contributed by atoms with E-state index in [-0.39, 0.29) is 40.9 Å². The van der Waals surface area contributed by atoms with E-state index < -0.39 is 38.0 Å². The topological polar surface area (TPSA) is 94.9 Å². The first-order chi connectivity index (χ1) is 25.6. The summed E-state index contributed by atoms with van der Waals surface area (Å²) in [7, 11) is -3.84. The van der Waals surface area contributed by atoms with Gasteiger partial charge in [-0.15, -0.1) is 22.7 Å². The van der Waals surface area contributed by atoms with E-state index in [0.29, 0.717) is 29.5 Å². The molecule has 2 heterocycles. The summed E-state index contributed by atoms with van der Waals surface area (Å²) >= 11 is 2.82. The van der Waals surface area contributed by atoms with Gasteiger partial charge in [-0.25, -0.2) is 8.42 Å². The Morgan fingerprint density at radius 3 is 2.43 bits per heavy atom. The predicted molar refractivity (Wildman–Crippen MR) is 216 cm³/mol. The van der Waals surface area contributed by atoms with Gasteiger partial charge in [0.15, 0.2) is 5.78 Å². The molecule has 2 N–H and O–H groups in total. The van der Waals surface area contributed by atoms with Crippen molar-refractivity contribution >= 4 is 48.6 Å². The van der Waals surface area contributed by atoms with Crippen LogP contribution in [0.5, 0.6) is 0 Å². The number of nitrogens with zero attached hydrogens (tertiary/aromatic N) is 1. The maximum absolute atomic E-state index is 15.2. The minimum Gasteiger partial charge on any atom is -0.393 e. The van der Waals surface area contributed by atoms with Crippen LogP contribution < -0.4 is 0 Å². The molecule has 6 fully saturated rings. The number of hydrogen-bond donors (Lipinski definition) is 2. The molecule has 11 unspecified atom stereocenters. The number of fused-ring (bicyclic) bond motifs is 4. The summed E-state index contributed by atoms with van der Waals surface area (Å²) < 4.78 is 32.4. The van der Waals surface area contributed by atoms with Crippen LogP contribution in [-0.4, -0.2) is 53.5 Å². The molecule has 0 radical (unpaired) electrons. The lowest BCUT2D eigenvalue weighted by Crippen LogP contribution is -2.67. The van der Waals surface area contributed by atoms with Crippen LogP contribution in [-0.2, 0) is 10.0 Å². The van der Waals surface area contributed by atoms with Gasteiger partial charge >= 0.3 is 0 Å². The Balaban J connectivity index is 1.06. The fourth-order valence-electron chi connectivity index (χ4n) is 14.3. The monoisotopic (exact) mass is 785 g/mol. The van der Waals surface area contributed by atoms with Crippen molar-refractivity contribution in [2.75, 3.05) is 13.1 Å². The number of ketones is 1. The third-order valence-corrected chi connectivity index (χ3v) is 21.9. The summed E-state index contributed by atoms with van der Waals surface area (Å²) in [4.78, 5) is 15.9. The van der Waals surface area contributed by atoms with Crippen molar-refractivity contribution in [1.82, 2.24) is 4.31 Å². The smallest absolute Gasteiger partial charge is 0.252 e. The number of sulfonamides is 1. The number of carbonyl (C=O) groups is 1. The molecular weight excluding hydrogens is 731 g/mol. The SMILES string of the molecule is CC1(C)C2CCC(CN(CC3(O)CCC4C56C=CC7(C=C5C(=O)c5cc8ccccc8s5)CC(O)CCC7(C)C6CCC43C)S(=O)(=O)c3cccs3)C1C2. The maximum Gasteiger partial charge on any atom is 0.252 e. The van der Waals surface area contributed by atoms with Crippen molar-refractivity contribution < 1.29 is 23.4 Å². The number of aliphatic hydroxyl groups is 2. The zero-order chi connectivity index (χ0) is 37.7. The highest BCUT2D eigenvalue weighted by atomic mass is 32.2. The zero-order valence-electron chi connectivity index (χ0n) is 32.1. The Morgan fingerprint density at radius 1 is 0.926 bits per heavy atom. The average Bonchev–Trinajstić information content (AvgIpc) is 3.90. The molecule has 288 valence electrons. The fraction of sp³-hybridized carbons (Fsp3) is 0.622. The highest BCUT2D eigenvalue weighted by Crippen LogP contribution is 2.78. The number of aliphatic hydroxyl groups excluding tert-OH is 1. The molecule has 6 saturated carbocycles. The van der Waals surface area contributed by atoms with E-state index in [4.69, 9.17) is 0 Å². The molecular formula is C45H55NO5S3. The lowest BCUT2D eigenvalue weighted by atomic mass is 9.32. The average molecular weight is 786 g/mol. The molecule has 0 aliphatic heterocycles. The van der Waals surface area contributed by atoms with E-state index >= 15 is 4.79 Å². The summed E-state index contributed by atoms with van der Waals surface area (Å²) in [6.07, 6.45) is 15.1. The van der Waals surface area contributed by atoms with Gasteiger partial charge in [0.05, 0.1) is 16.6 Å². The number of hydrogen-bond acceptors (Lipinski definition) is 7. The Bertz CT molecular complexity index is 2170. The standard InChI is InChI=1S/C45H55NO5S3/c1-40(2)30-12-11-29(32(40)23-30)26-46(54(50,51)38-10-7-21-52-38)27-44(49)18-15-37-42(44,4)17-14-36-41(3)16-13-31(47)24-43(41)19-20-45(36,37)33(25-43)39(48)35-22-28-8-5-6-9-34(28)53-35/h5-10,19-22,25,29-32,36-37,47,49H,11-18,23-24,26-27H2,1-4H3. The number of thiophene rings is 2. The Labute approximate surface area is 328 Å². The summed E-state index contributed by atoms with van der Waals surface area (Å²) in [5, 5.41) is 27.3. The van der Waals surface area contributed by atoms with Crippen molar-refractivity contribution in [3.05, 3.63) is 76.5 Å². The van der Waals surface area contributed by atoms with Crippen molar-refractivity contribution in [3.63, 3.8) is 0 Å². The number of benzene rings is 1. The van der Waals surface area contributed by atoms with Crippen LogP contribution in [0.3, 0.4) is 0 Å². The van der Waals surface area contributed by atoms with Crippen LogP contribution >= 0.6 is 22.7 Å². The van der Waals surface area contributed by atoms with Gasteiger partial charge in [-0.1, -0.05) is 70.2 Å². The van der Waals surface area contributed by atoms with Gasteiger partial charge in [-0.2, -0.15) is 4.31 Å². The van der Waals surface area contributed by atoms with E-state index in [0.717, 1.165) is 71.4 Å². The summed E-state index contributed by atoms with van der Waals surface area (Å²) in [6.45, 7) is 9.88. The van der Waals surface area contributed by atoms with Crippen molar-refractivity contribution in [2.45, 2.75) is 108 Å². The van der Waals surface area contributed by atoms with Crippen LogP contribution in [0, 0.1) is 56.7 Å². The molecule has 0 amide bonds. The molecule has 9 heteroatoms. The van der Waals surface area contributed by atoms with Crippen molar-refractivity contribution in [2.24, 2.45) is 56.7 Å². The zero-order valence-corrected chi connectivity index (χ0v) is 34.5. The minimum absolute atomic E-state index is 0.0381. The van der Waals surface area contributed by atoms with Gasteiger partial charge in [0.1, 0.15) is 4.21 Å². The van der Waals surface area contributed by atoms with Gasteiger partial charge in [-0.05, 0) is 134 Å². The molecule has 2 spiro atoms. The Kier molecular flexibility index (Phi) is 7.86. The first-order valence-electron chi connectivity index (χ1n) is 20.5. The summed E-state index contributed by atoms with van der Waals surface area (Å²) in [6, 6.07) is 13.8. The first-order valence-corrected chi connectivity index (χ1v) is 23.6. The van der Waals surface area contributed by atoms with E-state index in [9.17, 15) is 18.6 Å². The van der Waals surface area contributed by atoms with E-state index in [1.54, 1.807) is 21.7 Å². The molecule has 54 heavy (non-hydrogen) atoms. The quantitative estimate of drug-likeness (QED) is 0.175. The molecule has 12 rings (SSSR count).